The van der Waals surface area contributed by atoms with Crippen molar-refractivity contribution >= 4 is 23.7 Å². The van der Waals surface area contributed by atoms with E-state index in [1.165, 1.54) is 24.3 Å². The summed E-state index contributed by atoms with van der Waals surface area (Å²) < 4.78 is 4.74. The van der Waals surface area contributed by atoms with E-state index in [1.54, 1.807) is 13.8 Å². The molecule has 3 atom stereocenters. The molecule has 0 heterocycles. The van der Waals surface area contributed by atoms with Gasteiger partial charge in [-0.25, -0.2) is 19.6 Å². The standard InChI is InChI=1S/C14H18N2O8/c1-7(2)10(12(17)18)15-14(21)24-11(13(19)20)8-5-3-4-6-9(8)16(22)23/h3-7,10-11,16,22H,1-2H3,(H,15,21)(H,17,18)(H,19,20)/t10-,11?/m0/s1. The summed E-state index contributed by atoms with van der Waals surface area (Å²) in [6.45, 7) is 3.10. The Kier molecular flexibility index (Phi) is 6.65. The predicted octanol–water partition coefficient (Wildman–Crippen LogP) is 0.0511. The molecule has 5 N–H and O–H groups in total. The molecule has 10 nitrogen and oxygen atoms in total. The molecule has 0 aromatic heterocycles. The number of amides is 1. The van der Waals surface area contributed by atoms with Crippen LogP contribution in [0.1, 0.15) is 25.5 Å². The number of nitrogens with one attached hydrogen (secondary N) is 2. The number of benzene rings is 1. The minimum absolute atomic E-state index is 0.232. The molecule has 1 rings (SSSR count). The number of para-hydroxylation sites is 1. The van der Waals surface area contributed by atoms with Gasteiger partial charge in [-0.3, -0.25) is 0 Å². The zero-order chi connectivity index (χ0) is 18.4. The number of carbonyl (C=O) groups excluding carboxylic acids is 1. The third kappa shape index (κ3) is 4.91. The van der Waals surface area contributed by atoms with Gasteiger partial charge in [-0.1, -0.05) is 26.0 Å². The number of alkyl carbamates (subject to hydrolysis) is 1. The highest BCUT2D eigenvalue weighted by atomic mass is 16.8. The van der Waals surface area contributed by atoms with Crippen LogP contribution in [0.5, 0.6) is 0 Å². The van der Waals surface area contributed by atoms with E-state index < -0.39 is 41.3 Å². The average molecular weight is 342 g/mol. The quantitative estimate of drug-likeness (QED) is 0.434. The van der Waals surface area contributed by atoms with Crippen LogP contribution >= 0.6 is 0 Å². The van der Waals surface area contributed by atoms with Crippen LogP contribution in [0.25, 0.3) is 0 Å². The average Bonchev–Trinajstić information content (AvgIpc) is 2.49. The molecular weight excluding hydrogens is 324 g/mol. The van der Waals surface area contributed by atoms with Crippen LogP contribution in [0.4, 0.5) is 10.5 Å². The molecule has 0 saturated carbocycles. The largest absolute Gasteiger partial charge is 0.595 e. The van der Waals surface area contributed by atoms with Crippen LogP contribution in [0.15, 0.2) is 24.3 Å². The van der Waals surface area contributed by atoms with E-state index in [9.17, 15) is 24.7 Å². The summed E-state index contributed by atoms with van der Waals surface area (Å²) in [6, 6.07) is 3.88. The second-order valence-electron chi connectivity index (χ2n) is 5.22. The van der Waals surface area contributed by atoms with Crippen molar-refractivity contribution in [3.05, 3.63) is 35.0 Å². The van der Waals surface area contributed by atoms with Crippen molar-refractivity contribution < 1.29 is 39.8 Å². The summed E-state index contributed by atoms with van der Waals surface area (Å²) in [7, 11) is 0. The molecule has 0 aliphatic carbocycles. The Morgan fingerprint density at radius 2 is 1.75 bits per heavy atom. The fourth-order valence-corrected chi connectivity index (χ4v) is 1.95. The summed E-state index contributed by atoms with van der Waals surface area (Å²) in [4.78, 5) is 34.2. The first-order valence-electron chi connectivity index (χ1n) is 6.90. The second-order valence-corrected chi connectivity index (χ2v) is 5.22. The van der Waals surface area contributed by atoms with Crippen molar-refractivity contribution in [2.45, 2.75) is 26.0 Å². The Balaban J connectivity index is 3.01. The maximum Gasteiger partial charge on any atom is 0.409 e. The monoisotopic (exact) mass is 342 g/mol. The number of carboxylic acid groups (broad SMARTS) is 2. The Bertz CT molecular complexity index is 617. The summed E-state index contributed by atoms with van der Waals surface area (Å²) in [6.07, 6.45) is -3.16. The van der Waals surface area contributed by atoms with Crippen molar-refractivity contribution in [3.63, 3.8) is 0 Å². The van der Waals surface area contributed by atoms with E-state index >= 15 is 0 Å². The fourth-order valence-electron chi connectivity index (χ4n) is 1.95. The number of quaternary nitrogens is 1. The zero-order valence-corrected chi connectivity index (χ0v) is 12.9. The van der Waals surface area contributed by atoms with E-state index in [2.05, 4.69) is 0 Å². The van der Waals surface area contributed by atoms with Crippen molar-refractivity contribution in [3.8, 4) is 0 Å². The van der Waals surface area contributed by atoms with Gasteiger partial charge in [0.05, 0.1) is 5.56 Å². The van der Waals surface area contributed by atoms with Crippen molar-refractivity contribution in [1.29, 1.82) is 0 Å². The number of hydrogen-bond acceptors (Lipinski definition) is 6. The molecule has 1 aromatic rings. The number of ether oxygens (including phenoxy) is 1. The molecule has 0 spiro atoms. The third-order valence-corrected chi connectivity index (χ3v) is 3.13. The van der Waals surface area contributed by atoms with Gasteiger partial charge in [-0.15, -0.1) is 0 Å². The Hall–Kier alpha value is -2.69. The van der Waals surface area contributed by atoms with Crippen LogP contribution in [-0.2, 0) is 14.3 Å². The smallest absolute Gasteiger partial charge is 0.409 e. The highest BCUT2D eigenvalue weighted by Crippen LogP contribution is 2.23. The molecule has 132 valence electrons. The van der Waals surface area contributed by atoms with Crippen LogP contribution in [0, 0.1) is 11.1 Å². The summed E-state index contributed by atoms with van der Waals surface area (Å²) in [5.41, 5.74) is -0.569. The van der Waals surface area contributed by atoms with Crippen LogP contribution in [0.3, 0.4) is 0 Å². The molecule has 0 radical (unpaired) electrons. The van der Waals surface area contributed by atoms with Crippen LogP contribution < -0.4 is 10.5 Å². The van der Waals surface area contributed by atoms with Gasteiger partial charge in [-0.05, 0) is 12.0 Å². The molecule has 0 bridgehead atoms. The van der Waals surface area contributed by atoms with Gasteiger partial charge in [-0.2, -0.15) is 5.23 Å². The second kappa shape index (κ2) is 8.24. The first-order chi connectivity index (χ1) is 11.1. The van der Waals surface area contributed by atoms with E-state index in [0.717, 1.165) is 0 Å². The molecule has 10 heteroatoms. The fraction of sp³-hybridized carbons (Fsp3) is 0.357. The van der Waals surface area contributed by atoms with Gasteiger partial charge < -0.3 is 25.5 Å². The van der Waals surface area contributed by atoms with Gasteiger partial charge in [0.1, 0.15) is 6.04 Å². The van der Waals surface area contributed by atoms with E-state index in [0.29, 0.717) is 0 Å². The molecule has 0 fully saturated rings. The minimum atomic E-state index is -1.89. The predicted molar refractivity (Wildman–Crippen MR) is 78.5 cm³/mol. The first-order valence-corrected chi connectivity index (χ1v) is 6.90. The SMILES string of the molecule is CC(C)[C@H](NC(=O)OC(C(=O)O)c1ccccc1[NH+]([O-])O)C(=O)O. The Morgan fingerprint density at radius 3 is 2.21 bits per heavy atom. The van der Waals surface area contributed by atoms with E-state index in [-0.39, 0.29) is 11.3 Å². The number of carbonyl (C=O) groups is 3. The molecule has 1 aromatic carbocycles. The van der Waals surface area contributed by atoms with Gasteiger partial charge >= 0.3 is 18.0 Å². The Morgan fingerprint density at radius 1 is 1.17 bits per heavy atom. The van der Waals surface area contributed by atoms with E-state index in [1.807, 2.05) is 5.32 Å². The number of aliphatic carboxylic acids is 2. The van der Waals surface area contributed by atoms with Gasteiger partial charge in [0.25, 0.3) is 0 Å². The lowest BCUT2D eigenvalue weighted by Gasteiger charge is -2.22. The molecule has 0 aliphatic rings. The van der Waals surface area contributed by atoms with Crippen molar-refractivity contribution in [2.24, 2.45) is 5.92 Å². The molecule has 2 unspecified atom stereocenters. The van der Waals surface area contributed by atoms with Crippen LogP contribution in [0.2, 0.25) is 0 Å². The molecule has 24 heavy (non-hydrogen) atoms. The lowest BCUT2D eigenvalue weighted by molar-refractivity contribution is -0.991. The summed E-state index contributed by atoms with van der Waals surface area (Å²) in [5, 5.41) is 39.1. The van der Waals surface area contributed by atoms with Gasteiger partial charge in [0.2, 0.25) is 6.10 Å². The van der Waals surface area contributed by atoms with Crippen LogP contribution in [-0.4, -0.2) is 39.5 Å². The number of hydrogen-bond donors (Lipinski definition) is 5. The number of carboxylic acids is 2. The maximum absolute atomic E-state index is 11.8. The molecule has 0 aliphatic heterocycles. The Labute approximate surface area is 136 Å². The zero-order valence-electron chi connectivity index (χ0n) is 12.9. The van der Waals surface area contributed by atoms with E-state index in [4.69, 9.17) is 15.1 Å². The molecule has 1 amide bonds. The van der Waals surface area contributed by atoms with Crippen molar-refractivity contribution in [2.75, 3.05) is 0 Å². The topological polar surface area (TPSA) is 161 Å². The lowest BCUT2D eigenvalue weighted by atomic mass is 10.1. The third-order valence-electron chi connectivity index (χ3n) is 3.13. The highest BCUT2D eigenvalue weighted by molar-refractivity contribution is 5.83. The minimum Gasteiger partial charge on any atom is -0.595 e. The lowest BCUT2D eigenvalue weighted by Crippen LogP contribution is -2.99. The maximum atomic E-state index is 11.8. The van der Waals surface area contributed by atoms with Gasteiger partial charge in [0, 0.05) is 6.07 Å². The molecule has 0 saturated heterocycles. The highest BCUT2D eigenvalue weighted by Gasteiger charge is 2.31. The molecular formula is C14H18N2O8. The summed E-state index contributed by atoms with van der Waals surface area (Å²) >= 11 is 0. The normalized spacial score (nSPS) is 14.5. The number of rotatable bonds is 7. The van der Waals surface area contributed by atoms with Gasteiger partial charge in [0.15, 0.2) is 5.69 Å². The first kappa shape index (κ1) is 19.4. The van der Waals surface area contributed by atoms with Crippen molar-refractivity contribution in [1.82, 2.24) is 5.32 Å². The summed E-state index contributed by atoms with van der Waals surface area (Å²) in [5.74, 6) is -3.36.